The molecule has 1 fully saturated rings. The molecule has 0 radical (unpaired) electrons. The molecule has 1 aromatic carbocycles. The first-order chi connectivity index (χ1) is 9.58. The summed E-state index contributed by atoms with van der Waals surface area (Å²) >= 11 is 0. The SMILES string of the molecule is CC(C)c1ccc(CCN(C)C(=O)C2CCCN2)cc1. The van der Waals surface area contributed by atoms with Gasteiger partial charge in [0.15, 0.2) is 0 Å². The monoisotopic (exact) mass is 274 g/mol. The van der Waals surface area contributed by atoms with E-state index in [0.717, 1.165) is 32.4 Å². The summed E-state index contributed by atoms with van der Waals surface area (Å²) in [6.07, 6.45) is 3.01. The van der Waals surface area contributed by atoms with Crippen molar-refractivity contribution >= 4 is 5.91 Å². The van der Waals surface area contributed by atoms with E-state index in [1.165, 1.54) is 11.1 Å². The lowest BCUT2D eigenvalue weighted by molar-refractivity contribution is -0.131. The van der Waals surface area contributed by atoms with Crippen molar-refractivity contribution < 1.29 is 4.79 Å². The summed E-state index contributed by atoms with van der Waals surface area (Å²) in [5, 5.41) is 3.26. The van der Waals surface area contributed by atoms with Crippen LogP contribution in [0.25, 0.3) is 0 Å². The Morgan fingerprint density at radius 3 is 2.60 bits per heavy atom. The third-order valence-corrected chi connectivity index (χ3v) is 4.12. The largest absolute Gasteiger partial charge is 0.344 e. The van der Waals surface area contributed by atoms with Crippen molar-refractivity contribution in [3.63, 3.8) is 0 Å². The number of hydrogen-bond donors (Lipinski definition) is 1. The van der Waals surface area contributed by atoms with E-state index in [1.54, 1.807) is 0 Å². The minimum atomic E-state index is 0.0447. The lowest BCUT2D eigenvalue weighted by Crippen LogP contribution is -2.42. The number of rotatable bonds is 5. The average molecular weight is 274 g/mol. The normalized spacial score (nSPS) is 18.5. The molecular formula is C17H26N2O. The number of nitrogens with zero attached hydrogens (tertiary/aromatic N) is 1. The summed E-state index contributed by atoms with van der Waals surface area (Å²) < 4.78 is 0. The molecule has 0 spiro atoms. The molecule has 1 atom stereocenters. The Bertz CT molecular complexity index is 433. The van der Waals surface area contributed by atoms with E-state index in [2.05, 4.69) is 43.4 Å². The first-order valence-electron chi connectivity index (χ1n) is 7.65. The van der Waals surface area contributed by atoms with Gasteiger partial charge in [-0.05, 0) is 42.9 Å². The molecule has 1 saturated heterocycles. The number of hydrogen-bond acceptors (Lipinski definition) is 2. The van der Waals surface area contributed by atoms with Gasteiger partial charge in [0.25, 0.3) is 0 Å². The highest BCUT2D eigenvalue weighted by Gasteiger charge is 2.24. The second kappa shape index (κ2) is 6.89. The van der Waals surface area contributed by atoms with E-state index in [1.807, 2.05) is 11.9 Å². The highest BCUT2D eigenvalue weighted by molar-refractivity contribution is 5.81. The molecule has 1 heterocycles. The van der Waals surface area contributed by atoms with Crippen molar-refractivity contribution in [3.8, 4) is 0 Å². The fraction of sp³-hybridized carbons (Fsp3) is 0.588. The highest BCUT2D eigenvalue weighted by Crippen LogP contribution is 2.15. The van der Waals surface area contributed by atoms with Crippen molar-refractivity contribution in [2.24, 2.45) is 0 Å². The molecule has 110 valence electrons. The molecule has 1 aliphatic heterocycles. The van der Waals surface area contributed by atoms with Crippen LogP contribution in [0.2, 0.25) is 0 Å². The van der Waals surface area contributed by atoms with Gasteiger partial charge in [-0.3, -0.25) is 4.79 Å². The number of nitrogens with one attached hydrogen (secondary N) is 1. The minimum Gasteiger partial charge on any atom is -0.344 e. The van der Waals surface area contributed by atoms with Crippen LogP contribution < -0.4 is 5.32 Å². The third kappa shape index (κ3) is 3.83. The number of amides is 1. The van der Waals surface area contributed by atoms with Crippen LogP contribution >= 0.6 is 0 Å². The summed E-state index contributed by atoms with van der Waals surface area (Å²) in [4.78, 5) is 14.0. The topological polar surface area (TPSA) is 32.3 Å². The Kier molecular flexibility index (Phi) is 5.18. The van der Waals surface area contributed by atoms with E-state index < -0.39 is 0 Å². The Balaban J connectivity index is 1.83. The second-order valence-corrected chi connectivity index (χ2v) is 6.06. The molecule has 0 bridgehead atoms. The van der Waals surface area contributed by atoms with Crippen molar-refractivity contribution in [1.82, 2.24) is 10.2 Å². The summed E-state index contributed by atoms with van der Waals surface area (Å²) in [6.45, 7) is 6.17. The third-order valence-electron chi connectivity index (χ3n) is 4.12. The molecular weight excluding hydrogens is 248 g/mol. The van der Waals surface area contributed by atoms with Crippen molar-refractivity contribution in [2.75, 3.05) is 20.1 Å². The molecule has 0 aromatic heterocycles. The summed E-state index contributed by atoms with van der Waals surface area (Å²) in [5.41, 5.74) is 2.67. The molecule has 0 aliphatic carbocycles. The highest BCUT2D eigenvalue weighted by atomic mass is 16.2. The zero-order valence-corrected chi connectivity index (χ0v) is 12.9. The van der Waals surface area contributed by atoms with Crippen LogP contribution in [0.5, 0.6) is 0 Å². The van der Waals surface area contributed by atoms with Gasteiger partial charge in [0.1, 0.15) is 0 Å². The fourth-order valence-corrected chi connectivity index (χ4v) is 2.64. The maximum atomic E-state index is 12.2. The van der Waals surface area contributed by atoms with E-state index in [-0.39, 0.29) is 11.9 Å². The van der Waals surface area contributed by atoms with Crippen LogP contribution in [-0.2, 0) is 11.2 Å². The van der Waals surface area contributed by atoms with Gasteiger partial charge >= 0.3 is 0 Å². The van der Waals surface area contributed by atoms with E-state index in [0.29, 0.717) is 5.92 Å². The predicted octanol–water partition coefficient (Wildman–Crippen LogP) is 2.56. The first kappa shape index (κ1) is 15.0. The minimum absolute atomic E-state index is 0.0447. The molecule has 1 N–H and O–H groups in total. The van der Waals surface area contributed by atoms with E-state index in [4.69, 9.17) is 0 Å². The van der Waals surface area contributed by atoms with Crippen LogP contribution in [0.3, 0.4) is 0 Å². The standard InChI is InChI=1S/C17H26N2O/c1-13(2)15-8-6-14(7-9-15)10-12-19(3)17(20)16-5-4-11-18-16/h6-9,13,16,18H,4-5,10-12H2,1-3H3. The summed E-state index contributed by atoms with van der Waals surface area (Å²) in [5.74, 6) is 0.808. The molecule has 3 nitrogen and oxygen atoms in total. The van der Waals surface area contributed by atoms with E-state index >= 15 is 0 Å². The number of likely N-dealkylation sites (N-methyl/N-ethyl adjacent to an activating group) is 1. The zero-order valence-electron chi connectivity index (χ0n) is 12.9. The van der Waals surface area contributed by atoms with Crippen LogP contribution in [0, 0.1) is 0 Å². The van der Waals surface area contributed by atoms with Gasteiger partial charge in [-0.25, -0.2) is 0 Å². The number of carbonyl (C=O) groups is 1. The Labute approximate surface area is 122 Å². The Morgan fingerprint density at radius 1 is 1.35 bits per heavy atom. The predicted molar refractivity (Wildman–Crippen MR) is 82.9 cm³/mol. The van der Waals surface area contributed by atoms with Gasteiger partial charge in [0.2, 0.25) is 5.91 Å². The lowest BCUT2D eigenvalue weighted by Gasteiger charge is -2.21. The van der Waals surface area contributed by atoms with E-state index in [9.17, 15) is 4.79 Å². The van der Waals surface area contributed by atoms with Gasteiger partial charge in [-0.2, -0.15) is 0 Å². The second-order valence-electron chi connectivity index (χ2n) is 6.06. The van der Waals surface area contributed by atoms with Gasteiger partial charge in [-0.15, -0.1) is 0 Å². The Hall–Kier alpha value is -1.35. The molecule has 1 unspecified atom stereocenters. The molecule has 1 aromatic rings. The van der Waals surface area contributed by atoms with Crippen molar-refractivity contribution in [3.05, 3.63) is 35.4 Å². The van der Waals surface area contributed by atoms with Gasteiger partial charge < -0.3 is 10.2 Å². The first-order valence-corrected chi connectivity index (χ1v) is 7.65. The Morgan fingerprint density at radius 2 is 2.05 bits per heavy atom. The average Bonchev–Trinajstić information content (AvgIpc) is 2.98. The smallest absolute Gasteiger partial charge is 0.239 e. The maximum absolute atomic E-state index is 12.2. The van der Waals surface area contributed by atoms with Crippen LogP contribution in [0.15, 0.2) is 24.3 Å². The van der Waals surface area contributed by atoms with Crippen molar-refractivity contribution in [2.45, 2.75) is 45.1 Å². The molecule has 2 rings (SSSR count). The number of carbonyl (C=O) groups excluding carboxylic acids is 1. The van der Waals surface area contributed by atoms with Gasteiger partial charge in [0, 0.05) is 13.6 Å². The zero-order chi connectivity index (χ0) is 14.5. The molecule has 1 aliphatic rings. The summed E-state index contributed by atoms with van der Waals surface area (Å²) in [6, 6.07) is 8.80. The van der Waals surface area contributed by atoms with Gasteiger partial charge in [0.05, 0.1) is 6.04 Å². The molecule has 3 heteroatoms. The summed E-state index contributed by atoms with van der Waals surface area (Å²) in [7, 11) is 1.91. The van der Waals surface area contributed by atoms with Crippen LogP contribution in [-0.4, -0.2) is 37.0 Å². The molecule has 0 saturated carbocycles. The lowest BCUT2D eigenvalue weighted by atomic mass is 10.0. The molecule has 20 heavy (non-hydrogen) atoms. The quantitative estimate of drug-likeness (QED) is 0.895. The van der Waals surface area contributed by atoms with Crippen LogP contribution in [0.4, 0.5) is 0 Å². The fourth-order valence-electron chi connectivity index (χ4n) is 2.64. The van der Waals surface area contributed by atoms with Crippen LogP contribution in [0.1, 0.15) is 43.7 Å². The van der Waals surface area contributed by atoms with Gasteiger partial charge in [-0.1, -0.05) is 38.1 Å². The maximum Gasteiger partial charge on any atom is 0.239 e. The van der Waals surface area contributed by atoms with Crippen molar-refractivity contribution in [1.29, 1.82) is 0 Å². The number of benzene rings is 1. The molecule has 1 amide bonds.